The Kier molecular flexibility index (Phi) is 5.41. The first-order valence-corrected chi connectivity index (χ1v) is 10.4. The van der Waals surface area contributed by atoms with E-state index in [9.17, 15) is 9.59 Å². The monoisotopic (exact) mass is 457 g/mol. The summed E-state index contributed by atoms with van der Waals surface area (Å²) in [5, 5.41) is 7.54. The van der Waals surface area contributed by atoms with E-state index < -0.39 is 17.6 Å². The molecule has 0 unspecified atom stereocenters. The van der Waals surface area contributed by atoms with Crippen LogP contribution < -0.4 is 5.32 Å². The Morgan fingerprint density at radius 3 is 2.72 bits per heavy atom. The second-order valence-corrected chi connectivity index (χ2v) is 8.97. The van der Waals surface area contributed by atoms with Gasteiger partial charge < -0.3 is 15.0 Å². The lowest BCUT2D eigenvalue weighted by molar-refractivity contribution is -0.159. The van der Waals surface area contributed by atoms with Crippen LogP contribution in [-0.2, 0) is 23.1 Å². The van der Waals surface area contributed by atoms with Gasteiger partial charge in [-0.3, -0.25) is 9.25 Å². The zero-order valence-electron chi connectivity index (χ0n) is 18.5. The van der Waals surface area contributed by atoms with E-state index in [1.165, 1.54) is 15.7 Å². The molecule has 0 saturated carbocycles. The lowest BCUT2D eigenvalue weighted by Gasteiger charge is -2.26. The van der Waals surface area contributed by atoms with Crippen molar-refractivity contribution in [2.24, 2.45) is 7.05 Å². The number of nitrogens with zero attached hydrogens (tertiary/aromatic N) is 6. The van der Waals surface area contributed by atoms with E-state index in [-0.39, 0.29) is 12.6 Å². The molecule has 0 saturated heterocycles. The Morgan fingerprint density at radius 2 is 2.09 bits per heavy atom. The number of esters is 1. The van der Waals surface area contributed by atoms with Crippen LogP contribution in [-0.4, -0.2) is 52.9 Å². The molecule has 0 aliphatic carbocycles. The summed E-state index contributed by atoms with van der Waals surface area (Å²) in [5.74, 6) is 0.631. The van der Waals surface area contributed by atoms with Crippen LogP contribution in [0, 0.1) is 0 Å². The molecule has 4 rings (SSSR count). The molecule has 1 aliphatic heterocycles. The fourth-order valence-corrected chi connectivity index (χ4v) is 3.58. The molecule has 11 heteroatoms. The maximum atomic E-state index is 12.9. The third kappa shape index (κ3) is 4.18. The van der Waals surface area contributed by atoms with E-state index >= 15 is 0 Å². The molecular weight excluding hydrogens is 434 g/mol. The second-order valence-electron chi connectivity index (χ2n) is 8.57. The standard InChI is InChI=1S/C21H24ClN7O3/c1-12(18(30)32-21(2,3)4)28-11-14-8-13(10-29(14)20(28)31)17-15(22)9-23-19(26-17)25-16-6-7-24-27(16)5/h6-10,12H,11H2,1-5H3,(H,23,25,26)/t12-/m1/s1. The van der Waals surface area contributed by atoms with Gasteiger partial charge in [0, 0.05) is 30.6 Å². The fraction of sp³-hybridized carbons (Fsp3) is 0.381. The third-order valence-electron chi connectivity index (χ3n) is 4.98. The minimum Gasteiger partial charge on any atom is -0.458 e. The highest BCUT2D eigenvalue weighted by atomic mass is 35.5. The molecule has 0 aromatic carbocycles. The van der Waals surface area contributed by atoms with Crippen LogP contribution in [0.1, 0.15) is 33.4 Å². The van der Waals surface area contributed by atoms with Gasteiger partial charge in [-0.1, -0.05) is 11.6 Å². The number of rotatable bonds is 5. The number of hydrogen-bond acceptors (Lipinski definition) is 7. The van der Waals surface area contributed by atoms with Crippen molar-refractivity contribution in [3.63, 3.8) is 0 Å². The number of ether oxygens (including phenoxy) is 1. The molecule has 3 aromatic heterocycles. The van der Waals surface area contributed by atoms with Crippen molar-refractivity contribution >= 4 is 35.4 Å². The van der Waals surface area contributed by atoms with Crippen LogP contribution >= 0.6 is 11.6 Å². The lowest BCUT2D eigenvalue weighted by atomic mass is 10.2. The highest BCUT2D eigenvalue weighted by Crippen LogP contribution is 2.32. The van der Waals surface area contributed by atoms with Gasteiger partial charge in [-0.05, 0) is 33.8 Å². The molecule has 3 aromatic rings. The maximum Gasteiger partial charge on any atom is 0.329 e. The number of amides is 1. The quantitative estimate of drug-likeness (QED) is 0.583. The van der Waals surface area contributed by atoms with Crippen molar-refractivity contribution < 1.29 is 14.3 Å². The van der Waals surface area contributed by atoms with Gasteiger partial charge in [-0.25, -0.2) is 19.6 Å². The maximum absolute atomic E-state index is 12.9. The van der Waals surface area contributed by atoms with Crippen LogP contribution in [0.25, 0.3) is 11.3 Å². The van der Waals surface area contributed by atoms with E-state index in [2.05, 4.69) is 20.4 Å². The number of anilines is 2. The largest absolute Gasteiger partial charge is 0.458 e. The van der Waals surface area contributed by atoms with Crippen molar-refractivity contribution in [2.75, 3.05) is 5.32 Å². The van der Waals surface area contributed by atoms with Crippen LogP contribution in [0.5, 0.6) is 0 Å². The average molecular weight is 458 g/mol. The molecule has 4 heterocycles. The van der Waals surface area contributed by atoms with Gasteiger partial charge in [-0.15, -0.1) is 0 Å². The van der Waals surface area contributed by atoms with Crippen LogP contribution in [0.15, 0.2) is 30.7 Å². The zero-order chi connectivity index (χ0) is 23.2. The van der Waals surface area contributed by atoms with Crippen LogP contribution in [0.2, 0.25) is 5.02 Å². The molecule has 1 atom stereocenters. The molecule has 1 amide bonds. The molecule has 0 radical (unpaired) electrons. The van der Waals surface area contributed by atoms with Crippen molar-refractivity contribution in [1.82, 2.24) is 29.2 Å². The minimum atomic E-state index is -0.706. The molecule has 1 aliphatic rings. The Labute approximate surface area is 190 Å². The summed E-state index contributed by atoms with van der Waals surface area (Å²) in [6.07, 6.45) is 4.83. The smallest absolute Gasteiger partial charge is 0.329 e. The molecule has 0 bridgehead atoms. The summed E-state index contributed by atoms with van der Waals surface area (Å²) in [7, 11) is 1.80. The van der Waals surface area contributed by atoms with E-state index in [1.807, 2.05) is 6.07 Å². The SMILES string of the molecule is C[C@H](C(=O)OC(C)(C)C)N1Cc2cc(-c3nc(Nc4ccnn4C)ncc3Cl)cn2C1=O. The van der Waals surface area contributed by atoms with Gasteiger partial charge >= 0.3 is 12.0 Å². The summed E-state index contributed by atoms with van der Waals surface area (Å²) in [5.41, 5.74) is 1.28. The topological polar surface area (TPSA) is 107 Å². The van der Waals surface area contributed by atoms with Gasteiger partial charge in [-0.2, -0.15) is 5.10 Å². The Hall–Kier alpha value is -3.40. The normalized spacial score (nSPS) is 14.4. The molecule has 168 valence electrons. The van der Waals surface area contributed by atoms with E-state index in [0.717, 1.165) is 11.5 Å². The second kappa shape index (κ2) is 7.94. The summed E-state index contributed by atoms with van der Waals surface area (Å²) in [6.45, 7) is 7.32. The first kappa shape index (κ1) is 21.8. The molecule has 32 heavy (non-hydrogen) atoms. The van der Waals surface area contributed by atoms with Crippen LogP contribution in [0.4, 0.5) is 16.6 Å². The molecule has 0 fully saturated rings. The van der Waals surface area contributed by atoms with E-state index in [4.69, 9.17) is 16.3 Å². The summed E-state index contributed by atoms with van der Waals surface area (Å²) in [6, 6.07) is 2.62. The molecule has 1 N–H and O–H groups in total. The minimum absolute atomic E-state index is 0.280. The average Bonchev–Trinajstić information content (AvgIpc) is 3.38. The molecule has 10 nitrogen and oxygen atoms in total. The highest BCUT2D eigenvalue weighted by Gasteiger charge is 2.36. The lowest BCUT2D eigenvalue weighted by Crippen LogP contribution is -2.43. The van der Waals surface area contributed by atoms with Gasteiger partial charge in [0.15, 0.2) is 0 Å². The highest BCUT2D eigenvalue weighted by molar-refractivity contribution is 6.32. The number of nitrogens with one attached hydrogen (secondary N) is 1. The van der Waals surface area contributed by atoms with E-state index in [1.54, 1.807) is 57.9 Å². The first-order valence-electron chi connectivity index (χ1n) is 10.1. The number of carbonyl (C=O) groups excluding carboxylic acids is 2. The number of halogens is 1. The van der Waals surface area contributed by atoms with Crippen molar-refractivity contribution in [2.45, 2.75) is 45.9 Å². The number of fused-ring (bicyclic) bond motifs is 1. The predicted molar refractivity (Wildman–Crippen MR) is 119 cm³/mol. The number of carbonyl (C=O) groups is 2. The molecule has 0 spiro atoms. The number of aromatic nitrogens is 5. The number of hydrogen-bond donors (Lipinski definition) is 1. The summed E-state index contributed by atoms with van der Waals surface area (Å²) < 4.78 is 8.58. The fourth-order valence-electron chi connectivity index (χ4n) is 3.38. The van der Waals surface area contributed by atoms with Crippen molar-refractivity contribution in [1.29, 1.82) is 0 Å². The predicted octanol–water partition coefficient (Wildman–Crippen LogP) is 3.59. The third-order valence-corrected chi connectivity index (χ3v) is 5.25. The Balaban J connectivity index is 1.55. The Morgan fingerprint density at radius 1 is 1.34 bits per heavy atom. The summed E-state index contributed by atoms with van der Waals surface area (Å²) in [4.78, 5) is 35.6. The summed E-state index contributed by atoms with van der Waals surface area (Å²) >= 11 is 6.35. The van der Waals surface area contributed by atoms with Gasteiger partial charge in [0.25, 0.3) is 0 Å². The van der Waals surface area contributed by atoms with E-state index in [0.29, 0.717) is 22.2 Å². The number of aryl methyl sites for hydroxylation is 1. The van der Waals surface area contributed by atoms with Gasteiger partial charge in [0.2, 0.25) is 5.95 Å². The Bertz CT molecular complexity index is 1190. The van der Waals surface area contributed by atoms with Crippen LogP contribution in [0.3, 0.4) is 0 Å². The van der Waals surface area contributed by atoms with Crippen molar-refractivity contribution in [3.8, 4) is 11.3 Å². The van der Waals surface area contributed by atoms with Gasteiger partial charge in [0.05, 0.1) is 29.7 Å². The van der Waals surface area contributed by atoms with Gasteiger partial charge in [0.1, 0.15) is 17.5 Å². The first-order chi connectivity index (χ1) is 15.0. The zero-order valence-corrected chi connectivity index (χ0v) is 19.2. The molecular formula is C21H24ClN7O3. The van der Waals surface area contributed by atoms with Crippen molar-refractivity contribution in [3.05, 3.63) is 41.4 Å².